The molecule has 1 atom stereocenters. The zero-order chi connectivity index (χ0) is 27.4. The number of benzene rings is 1. The van der Waals surface area contributed by atoms with Gasteiger partial charge in [-0.15, -0.1) is 0 Å². The molecule has 3 heterocycles. The first-order valence-corrected chi connectivity index (χ1v) is 13.0. The Balaban J connectivity index is 1.46. The van der Waals surface area contributed by atoms with E-state index in [-0.39, 0.29) is 29.2 Å². The number of oxazole rings is 1. The van der Waals surface area contributed by atoms with E-state index in [0.29, 0.717) is 17.9 Å². The maximum absolute atomic E-state index is 12.6. The van der Waals surface area contributed by atoms with Gasteiger partial charge in [0.1, 0.15) is 5.76 Å². The van der Waals surface area contributed by atoms with Gasteiger partial charge in [0.25, 0.3) is 5.89 Å². The number of amides is 2. The average molecular weight is 516 g/mol. The predicted octanol–water partition coefficient (Wildman–Crippen LogP) is 4.93. The summed E-state index contributed by atoms with van der Waals surface area (Å²) in [6, 6.07) is 8.33. The normalized spacial score (nSPS) is 15.7. The van der Waals surface area contributed by atoms with Crippen molar-refractivity contribution < 1.29 is 14.0 Å². The molecule has 0 saturated carbocycles. The fraction of sp³-hybridized carbons (Fsp3) is 0.400. The van der Waals surface area contributed by atoms with Gasteiger partial charge < -0.3 is 20.0 Å². The Labute approximate surface area is 224 Å². The number of hydrogen-bond donors (Lipinski definition) is 2. The van der Waals surface area contributed by atoms with E-state index in [1.54, 1.807) is 19.3 Å². The van der Waals surface area contributed by atoms with Crippen molar-refractivity contribution in [3.8, 4) is 11.1 Å². The van der Waals surface area contributed by atoms with Crippen molar-refractivity contribution in [2.24, 2.45) is 0 Å². The van der Waals surface area contributed by atoms with Crippen LogP contribution in [0.15, 0.2) is 59.4 Å². The number of nitrogens with zero attached hydrogens (tertiary/aromatic N) is 3. The summed E-state index contributed by atoms with van der Waals surface area (Å²) < 4.78 is 5.66. The Bertz CT molecular complexity index is 1340. The molecule has 38 heavy (non-hydrogen) atoms. The Kier molecular flexibility index (Phi) is 7.99. The SMILES string of the molecule is C=C(C)C(=O)NC1CCCN(c2cnccc2-c2ccc(CNC(=O)c3ncc(C(C)(C)C)o3)c(C)c2)C1. The number of carbonyl (C=O) groups excluding carboxylic acids is 2. The standard InChI is InChI=1S/C30H37N5O3/c1-19(2)27(36)34-23-8-7-13-35(18-23)25-16-31-12-11-24(25)21-9-10-22(20(3)14-21)15-32-28(37)29-33-17-26(38-29)30(4,5)6/h9-12,14,16-17,23H,1,7-8,13,15,18H2,2-6H3,(H,32,37)(H,34,36). The van der Waals surface area contributed by atoms with Crippen LogP contribution in [0.25, 0.3) is 11.1 Å². The van der Waals surface area contributed by atoms with Gasteiger partial charge in [-0.25, -0.2) is 4.98 Å². The molecule has 1 aliphatic heterocycles. The summed E-state index contributed by atoms with van der Waals surface area (Å²) in [5.74, 6) is 0.317. The summed E-state index contributed by atoms with van der Waals surface area (Å²) in [7, 11) is 0. The van der Waals surface area contributed by atoms with Crippen LogP contribution in [0.5, 0.6) is 0 Å². The van der Waals surface area contributed by atoms with Crippen molar-refractivity contribution in [1.29, 1.82) is 0 Å². The van der Waals surface area contributed by atoms with Crippen molar-refractivity contribution in [3.63, 3.8) is 0 Å². The number of aromatic nitrogens is 2. The Morgan fingerprint density at radius 2 is 2.00 bits per heavy atom. The average Bonchev–Trinajstić information content (AvgIpc) is 3.39. The van der Waals surface area contributed by atoms with E-state index < -0.39 is 0 Å². The quantitative estimate of drug-likeness (QED) is 0.433. The molecule has 2 N–H and O–H groups in total. The van der Waals surface area contributed by atoms with Crippen molar-refractivity contribution >= 4 is 17.5 Å². The zero-order valence-electron chi connectivity index (χ0n) is 22.9. The van der Waals surface area contributed by atoms with Crippen LogP contribution < -0.4 is 15.5 Å². The highest BCUT2D eigenvalue weighted by Gasteiger charge is 2.24. The summed E-state index contributed by atoms with van der Waals surface area (Å²) >= 11 is 0. The van der Waals surface area contributed by atoms with Crippen molar-refractivity contribution in [3.05, 3.63) is 77.8 Å². The van der Waals surface area contributed by atoms with E-state index in [2.05, 4.69) is 44.2 Å². The maximum atomic E-state index is 12.6. The monoisotopic (exact) mass is 515 g/mol. The molecule has 1 fully saturated rings. The number of anilines is 1. The second-order valence-electron chi connectivity index (χ2n) is 11.0. The molecule has 1 aromatic carbocycles. The molecular formula is C30H37N5O3. The van der Waals surface area contributed by atoms with Crippen LogP contribution in [0.1, 0.15) is 68.1 Å². The van der Waals surface area contributed by atoms with Crippen LogP contribution in [0, 0.1) is 6.92 Å². The van der Waals surface area contributed by atoms with Gasteiger partial charge in [-0.3, -0.25) is 14.6 Å². The predicted molar refractivity (Wildman–Crippen MR) is 149 cm³/mol. The number of pyridine rings is 1. The first-order valence-electron chi connectivity index (χ1n) is 13.0. The van der Waals surface area contributed by atoms with Crippen molar-refractivity contribution in [2.75, 3.05) is 18.0 Å². The van der Waals surface area contributed by atoms with Crippen LogP contribution >= 0.6 is 0 Å². The smallest absolute Gasteiger partial charge is 0.307 e. The third kappa shape index (κ3) is 6.30. The summed E-state index contributed by atoms with van der Waals surface area (Å²) in [5.41, 5.74) is 5.59. The fourth-order valence-corrected chi connectivity index (χ4v) is 4.54. The molecule has 2 aromatic heterocycles. The molecule has 200 valence electrons. The van der Waals surface area contributed by atoms with Gasteiger partial charge in [-0.1, -0.05) is 45.5 Å². The molecule has 1 unspecified atom stereocenters. The van der Waals surface area contributed by atoms with E-state index in [1.807, 2.05) is 46.0 Å². The molecule has 0 radical (unpaired) electrons. The topological polar surface area (TPSA) is 100 Å². The molecule has 0 bridgehead atoms. The third-order valence-electron chi connectivity index (χ3n) is 6.82. The highest BCUT2D eigenvalue weighted by Crippen LogP contribution is 2.33. The summed E-state index contributed by atoms with van der Waals surface area (Å²) in [4.78, 5) is 35.6. The molecule has 1 aliphatic rings. The first-order chi connectivity index (χ1) is 18.0. The van der Waals surface area contributed by atoms with Crippen LogP contribution in [-0.4, -0.2) is 40.9 Å². The molecule has 4 rings (SSSR count). The minimum Gasteiger partial charge on any atom is -0.437 e. The number of rotatable bonds is 7. The molecular weight excluding hydrogens is 478 g/mol. The van der Waals surface area contributed by atoms with Gasteiger partial charge in [0.2, 0.25) is 5.91 Å². The number of hydrogen-bond acceptors (Lipinski definition) is 6. The van der Waals surface area contributed by atoms with Crippen LogP contribution in [0.4, 0.5) is 5.69 Å². The van der Waals surface area contributed by atoms with Gasteiger partial charge in [0.05, 0.1) is 18.1 Å². The Hall–Kier alpha value is -3.94. The van der Waals surface area contributed by atoms with E-state index in [4.69, 9.17) is 4.42 Å². The largest absolute Gasteiger partial charge is 0.437 e. The molecule has 2 amide bonds. The second kappa shape index (κ2) is 11.2. The van der Waals surface area contributed by atoms with Gasteiger partial charge in [0, 0.05) is 48.4 Å². The molecule has 8 nitrogen and oxygen atoms in total. The van der Waals surface area contributed by atoms with E-state index >= 15 is 0 Å². The molecule has 3 aromatic rings. The van der Waals surface area contributed by atoms with Crippen LogP contribution in [0.3, 0.4) is 0 Å². The summed E-state index contributed by atoms with van der Waals surface area (Å²) in [6.07, 6.45) is 7.23. The van der Waals surface area contributed by atoms with E-state index in [0.717, 1.165) is 53.9 Å². The van der Waals surface area contributed by atoms with Gasteiger partial charge in [-0.05, 0) is 49.4 Å². The second-order valence-corrected chi connectivity index (χ2v) is 11.0. The minimum atomic E-state index is -0.334. The highest BCUT2D eigenvalue weighted by atomic mass is 16.4. The zero-order valence-corrected chi connectivity index (χ0v) is 22.9. The lowest BCUT2D eigenvalue weighted by molar-refractivity contribution is -0.118. The molecule has 1 saturated heterocycles. The van der Waals surface area contributed by atoms with Gasteiger partial charge in [0.15, 0.2) is 0 Å². The lowest BCUT2D eigenvalue weighted by Gasteiger charge is -2.35. The third-order valence-corrected chi connectivity index (χ3v) is 6.82. The fourth-order valence-electron chi connectivity index (χ4n) is 4.54. The first kappa shape index (κ1) is 27.1. The van der Waals surface area contributed by atoms with Gasteiger partial charge >= 0.3 is 5.91 Å². The van der Waals surface area contributed by atoms with E-state index in [1.165, 1.54) is 0 Å². The number of carbonyl (C=O) groups is 2. The Morgan fingerprint density at radius 3 is 2.68 bits per heavy atom. The number of aryl methyl sites for hydroxylation is 1. The lowest BCUT2D eigenvalue weighted by Crippen LogP contribution is -2.48. The minimum absolute atomic E-state index is 0.0665. The van der Waals surface area contributed by atoms with Crippen LogP contribution in [-0.2, 0) is 16.8 Å². The lowest BCUT2D eigenvalue weighted by atomic mass is 9.94. The molecule has 8 heteroatoms. The van der Waals surface area contributed by atoms with Crippen molar-refractivity contribution in [2.45, 2.75) is 65.5 Å². The maximum Gasteiger partial charge on any atom is 0.307 e. The number of nitrogens with one attached hydrogen (secondary N) is 2. The van der Waals surface area contributed by atoms with Gasteiger partial charge in [-0.2, -0.15) is 0 Å². The highest BCUT2D eigenvalue weighted by molar-refractivity contribution is 5.92. The Morgan fingerprint density at radius 1 is 1.21 bits per heavy atom. The molecule has 0 spiro atoms. The summed E-state index contributed by atoms with van der Waals surface area (Å²) in [5, 5.41) is 6.01. The van der Waals surface area contributed by atoms with Crippen molar-refractivity contribution in [1.82, 2.24) is 20.6 Å². The summed E-state index contributed by atoms with van der Waals surface area (Å²) in [6.45, 7) is 15.5. The molecule has 0 aliphatic carbocycles. The number of piperidine rings is 1. The van der Waals surface area contributed by atoms with Crippen LogP contribution in [0.2, 0.25) is 0 Å². The van der Waals surface area contributed by atoms with E-state index in [9.17, 15) is 9.59 Å².